The van der Waals surface area contributed by atoms with E-state index in [-0.39, 0.29) is 11.8 Å². The number of rotatable bonds is 11. The lowest BCUT2D eigenvalue weighted by molar-refractivity contribution is -0.116. The van der Waals surface area contributed by atoms with Gasteiger partial charge in [0, 0.05) is 30.5 Å². The molecule has 0 aliphatic heterocycles. The summed E-state index contributed by atoms with van der Waals surface area (Å²) in [5.41, 5.74) is 1.81. The second-order valence-electron chi connectivity index (χ2n) is 6.41. The average Bonchev–Trinajstić information content (AvgIpc) is 2.69. The second-order valence-corrected chi connectivity index (χ2v) is 6.41. The van der Waals surface area contributed by atoms with Crippen LogP contribution >= 0.6 is 0 Å². The van der Waals surface area contributed by atoms with Crippen molar-refractivity contribution >= 4 is 23.2 Å². The lowest BCUT2D eigenvalue weighted by Gasteiger charge is -2.10. The van der Waals surface area contributed by atoms with Crippen LogP contribution in [0.1, 0.15) is 43.0 Å². The Kier molecular flexibility index (Phi) is 9.01. The van der Waals surface area contributed by atoms with E-state index in [1.165, 1.54) is 0 Å². The maximum Gasteiger partial charge on any atom is 0.255 e. The van der Waals surface area contributed by atoms with E-state index in [4.69, 9.17) is 9.47 Å². The van der Waals surface area contributed by atoms with Crippen LogP contribution in [0.5, 0.6) is 5.75 Å². The van der Waals surface area contributed by atoms with Crippen molar-refractivity contribution in [2.45, 2.75) is 32.6 Å². The third-order valence-electron chi connectivity index (χ3n) is 4.08. The third-order valence-corrected chi connectivity index (χ3v) is 4.08. The van der Waals surface area contributed by atoms with Gasteiger partial charge < -0.3 is 20.1 Å². The van der Waals surface area contributed by atoms with Gasteiger partial charge >= 0.3 is 0 Å². The largest absolute Gasteiger partial charge is 0.491 e. The molecule has 2 aromatic rings. The molecule has 0 spiro atoms. The highest BCUT2D eigenvalue weighted by Gasteiger charge is 2.08. The van der Waals surface area contributed by atoms with E-state index < -0.39 is 0 Å². The van der Waals surface area contributed by atoms with Crippen LogP contribution in [-0.2, 0) is 9.53 Å². The van der Waals surface area contributed by atoms with Crippen LogP contribution in [0.2, 0.25) is 0 Å². The fraction of sp³-hybridized carbons (Fsp3) is 0.364. The standard InChI is InChI=1S/C22H28N2O4/c1-3-4-5-9-21(25)23-18-7-6-8-19(16-18)24-22(26)17-10-12-20(13-11-17)28-15-14-27-2/h6-8,10-13,16H,3-5,9,14-15H2,1-2H3,(H,23,25)(H,24,26). The summed E-state index contributed by atoms with van der Waals surface area (Å²) in [5, 5.41) is 5.71. The van der Waals surface area contributed by atoms with Gasteiger partial charge in [-0.15, -0.1) is 0 Å². The van der Waals surface area contributed by atoms with Crippen molar-refractivity contribution in [2.75, 3.05) is 31.0 Å². The predicted octanol–water partition coefficient (Wildman–Crippen LogP) is 4.48. The molecule has 0 fully saturated rings. The van der Waals surface area contributed by atoms with Gasteiger partial charge in [0.15, 0.2) is 0 Å². The maximum absolute atomic E-state index is 12.4. The van der Waals surface area contributed by atoms with Crippen LogP contribution in [0, 0.1) is 0 Å². The first kappa shape index (κ1) is 21.4. The summed E-state index contributed by atoms with van der Waals surface area (Å²) in [7, 11) is 1.61. The van der Waals surface area contributed by atoms with E-state index in [9.17, 15) is 9.59 Å². The SMILES string of the molecule is CCCCCC(=O)Nc1cccc(NC(=O)c2ccc(OCCOC)cc2)c1. The highest BCUT2D eigenvalue weighted by Crippen LogP contribution is 2.18. The number of carbonyl (C=O) groups excluding carboxylic acids is 2. The Balaban J connectivity index is 1.90. The molecule has 0 saturated heterocycles. The first-order valence-corrected chi connectivity index (χ1v) is 9.55. The maximum atomic E-state index is 12.4. The van der Waals surface area contributed by atoms with Crippen molar-refractivity contribution in [2.24, 2.45) is 0 Å². The Morgan fingerprint density at radius 3 is 2.32 bits per heavy atom. The van der Waals surface area contributed by atoms with Gasteiger partial charge in [0.05, 0.1) is 6.61 Å². The highest BCUT2D eigenvalue weighted by molar-refractivity contribution is 6.04. The normalized spacial score (nSPS) is 10.4. The fourth-order valence-electron chi connectivity index (χ4n) is 2.58. The molecule has 0 atom stereocenters. The van der Waals surface area contributed by atoms with Crippen molar-refractivity contribution in [3.05, 3.63) is 54.1 Å². The van der Waals surface area contributed by atoms with Crippen LogP contribution < -0.4 is 15.4 Å². The lowest BCUT2D eigenvalue weighted by atomic mass is 10.2. The second kappa shape index (κ2) is 11.8. The molecule has 2 rings (SSSR count). The van der Waals surface area contributed by atoms with E-state index in [2.05, 4.69) is 17.6 Å². The molecule has 0 aliphatic carbocycles. The molecule has 150 valence electrons. The Hall–Kier alpha value is -2.86. The minimum absolute atomic E-state index is 0.0130. The molecule has 2 amide bonds. The molecule has 6 nitrogen and oxygen atoms in total. The Labute approximate surface area is 166 Å². The van der Waals surface area contributed by atoms with Gasteiger partial charge in [0.1, 0.15) is 12.4 Å². The molecule has 0 unspecified atom stereocenters. The van der Waals surface area contributed by atoms with Gasteiger partial charge in [-0.05, 0) is 48.9 Å². The lowest BCUT2D eigenvalue weighted by Crippen LogP contribution is -2.13. The molecule has 2 N–H and O–H groups in total. The summed E-state index contributed by atoms with van der Waals surface area (Å²) in [4.78, 5) is 24.4. The number of hydrogen-bond acceptors (Lipinski definition) is 4. The topological polar surface area (TPSA) is 76.7 Å². The molecule has 28 heavy (non-hydrogen) atoms. The molecule has 0 bridgehead atoms. The minimum atomic E-state index is -0.227. The van der Waals surface area contributed by atoms with Gasteiger partial charge in [-0.2, -0.15) is 0 Å². The Morgan fingerprint density at radius 1 is 0.929 bits per heavy atom. The van der Waals surface area contributed by atoms with Gasteiger partial charge in [0.25, 0.3) is 5.91 Å². The number of benzene rings is 2. The summed E-state index contributed by atoms with van der Waals surface area (Å²) in [6.07, 6.45) is 3.50. The number of unbranched alkanes of at least 4 members (excludes halogenated alkanes) is 2. The fourth-order valence-corrected chi connectivity index (χ4v) is 2.58. The molecule has 0 heterocycles. The predicted molar refractivity (Wildman–Crippen MR) is 111 cm³/mol. The molecular weight excluding hydrogens is 356 g/mol. The van der Waals surface area contributed by atoms with Gasteiger partial charge in [-0.25, -0.2) is 0 Å². The number of ether oxygens (including phenoxy) is 2. The smallest absolute Gasteiger partial charge is 0.255 e. The first-order chi connectivity index (χ1) is 13.6. The number of carbonyl (C=O) groups is 2. The summed E-state index contributed by atoms with van der Waals surface area (Å²) >= 11 is 0. The number of anilines is 2. The quantitative estimate of drug-likeness (QED) is 0.560. The van der Waals surface area contributed by atoms with E-state index in [0.29, 0.717) is 42.3 Å². The van der Waals surface area contributed by atoms with Crippen molar-refractivity contribution in [3.63, 3.8) is 0 Å². The van der Waals surface area contributed by atoms with E-state index in [1.54, 1.807) is 55.6 Å². The molecule has 6 heteroatoms. The summed E-state index contributed by atoms with van der Waals surface area (Å²) in [6.45, 7) is 3.07. The van der Waals surface area contributed by atoms with Gasteiger partial charge in [0.2, 0.25) is 5.91 Å². The van der Waals surface area contributed by atoms with Crippen LogP contribution in [0.4, 0.5) is 11.4 Å². The molecule has 2 aromatic carbocycles. The van der Waals surface area contributed by atoms with E-state index in [1.807, 2.05) is 0 Å². The van der Waals surface area contributed by atoms with Crippen LogP contribution in [0.15, 0.2) is 48.5 Å². The molecule has 0 aliphatic rings. The van der Waals surface area contributed by atoms with Crippen LogP contribution in [0.3, 0.4) is 0 Å². The monoisotopic (exact) mass is 384 g/mol. The average molecular weight is 384 g/mol. The zero-order valence-electron chi connectivity index (χ0n) is 16.5. The summed E-state index contributed by atoms with van der Waals surface area (Å²) < 4.78 is 10.4. The third kappa shape index (κ3) is 7.40. The van der Waals surface area contributed by atoms with Gasteiger partial charge in [-0.3, -0.25) is 9.59 Å². The number of nitrogens with one attached hydrogen (secondary N) is 2. The van der Waals surface area contributed by atoms with Crippen LogP contribution in [0.25, 0.3) is 0 Å². The molecular formula is C22H28N2O4. The molecule has 0 radical (unpaired) electrons. The Bertz CT molecular complexity index is 759. The molecule has 0 aromatic heterocycles. The van der Waals surface area contributed by atoms with Crippen molar-refractivity contribution < 1.29 is 19.1 Å². The number of hydrogen-bond donors (Lipinski definition) is 2. The number of methoxy groups -OCH3 is 1. The number of amides is 2. The highest BCUT2D eigenvalue weighted by atomic mass is 16.5. The van der Waals surface area contributed by atoms with E-state index >= 15 is 0 Å². The van der Waals surface area contributed by atoms with Crippen LogP contribution in [-0.4, -0.2) is 32.1 Å². The summed E-state index contributed by atoms with van der Waals surface area (Å²) in [5.74, 6) is 0.442. The van der Waals surface area contributed by atoms with Crippen molar-refractivity contribution in [1.82, 2.24) is 0 Å². The zero-order valence-corrected chi connectivity index (χ0v) is 16.5. The zero-order chi connectivity index (χ0) is 20.2. The van der Waals surface area contributed by atoms with Gasteiger partial charge in [-0.1, -0.05) is 25.8 Å². The molecule has 0 saturated carbocycles. The van der Waals surface area contributed by atoms with Crippen molar-refractivity contribution in [3.8, 4) is 5.75 Å². The Morgan fingerprint density at radius 2 is 1.64 bits per heavy atom. The minimum Gasteiger partial charge on any atom is -0.491 e. The van der Waals surface area contributed by atoms with E-state index in [0.717, 1.165) is 19.3 Å². The van der Waals surface area contributed by atoms with Crippen molar-refractivity contribution in [1.29, 1.82) is 0 Å². The first-order valence-electron chi connectivity index (χ1n) is 9.55. The summed E-state index contributed by atoms with van der Waals surface area (Å²) in [6, 6.07) is 14.0.